The van der Waals surface area contributed by atoms with E-state index in [0.29, 0.717) is 5.75 Å². The summed E-state index contributed by atoms with van der Waals surface area (Å²) < 4.78 is 6.24. The second-order valence-corrected chi connectivity index (χ2v) is 10.5. The molecule has 2 atom stereocenters. The molecule has 0 heterocycles. The van der Waals surface area contributed by atoms with E-state index >= 15 is 0 Å². The predicted molar refractivity (Wildman–Crippen MR) is 133 cm³/mol. The van der Waals surface area contributed by atoms with Crippen molar-refractivity contribution >= 4 is 16.7 Å². The fraction of sp³-hybridized carbons (Fsp3) is 0.258. The Hall–Kier alpha value is -3.39. The van der Waals surface area contributed by atoms with Gasteiger partial charge in [0, 0.05) is 17.2 Å². The number of ether oxygens (including phenoxy) is 1. The number of hydrogen-bond donors (Lipinski definition) is 0. The van der Waals surface area contributed by atoms with Gasteiger partial charge in [0.1, 0.15) is 5.75 Å². The highest BCUT2D eigenvalue weighted by atomic mass is 16.5. The number of carbonyl (C=O) groups is 1. The van der Waals surface area contributed by atoms with E-state index in [1.54, 1.807) is 0 Å². The van der Waals surface area contributed by atoms with Gasteiger partial charge in [-0.05, 0) is 45.0 Å². The van der Waals surface area contributed by atoms with E-state index in [0.717, 1.165) is 10.8 Å². The van der Waals surface area contributed by atoms with Gasteiger partial charge in [0.05, 0.1) is 5.92 Å². The van der Waals surface area contributed by atoms with Crippen LogP contribution in [0.2, 0.25) is 0 Å². The zero-order valence-corrected chi connectivity index (χ0v) is 19.3. The van der Waals surface area contributed by atoms with Crippen molar-refractivity contribution in [3.63, 3.8) is 0 Å². The summed E-state index contributed by atoms with van der Waals surface area (Å²) in [6.45, 7) is 6.80. The number of hydrogen-bond acceptors (Lipinski definition) is 2. The molecule has 0 saturated heterocycles. The van der Waals surface area contributed by atoms with E-state index in [-0.39, 0.29) is 35.1 Å². The SMILES string of the molecule is CC(C)(C)C1C2c3ccccc3C(c3ccccc32)C1C(=O)Oc1cccc2ccccc12. The molecule has 4 aromatic carbocycles. The highest BCUT2D eigenvalue weighted by Gasteiger charge is 2.56. The molecule has 3 aliphatic carbocycles. The van der Waals surface area contributed by atoms with Crippen LogP contribution >= 0.6 is 0 Å². The van der Waals surface area contributed by atoms with Gasteiger partial charge in [0.15, 0.2) is 0 Å². The Kier molecular flexibility index (Phi) is 4.48. The molecule has 0 N–H and O–H groups in total. The summed E-state index contributed by atoms with van der Waals surface area (Å²) in [5.74, 6) is 0.633. The maximum absolute atomic E-state index is 14.1. The zero-order chi connectivity index (χ0) is 22.7. The van der Waals surface area contributed by atoms with Crippen LogP contribution in [-0.4, -0.2) is 5.97 Å². The Labute approximate surface area is 195 Å². The Bertz CT molecular complexity index is 1320. The van der Waals surface area contributed by atoms with Gasteiger partial charge in [-0.1, -0.05) is 106 Å². The van der Waals surface area contributed by atoms with Crippen molar-refractivity contribution in [2.75, 3.05) is 0 Å². The summed E-state index contributed by atoms with van der Waals surface area (Å²) in [4.78, 5) is 14.1. The molecule has 33 heavy (non-hydrogen) atoms. The van der Waals surface area contributed by atoms with Gasteiger partial charge in [-0.25, -0.2) is 0 Å². The molecule has 2 bridgehead atoms. The maximum atomic E-state index is 14.1. The van der Waals surface area contributed by atoms with Crippen molar-refractivity contribution in [3.05, 3.63) is 113 Å². The maximum Gasteiger partial charge on any atom is 0.315 e. The molecular formula is C31H28O2. The quantitative estimate of drug-likeness (QED) is 0.245. The molecule has 0 fully saturated rings. The average molecular weight is 433 g/mol. The summed E-state index contributed by atoms with van der Waals surface area (Å²) >= 11 is 0. The third kappa shape index (κ3) is 3.04. The molecule has 2 unspecified atom stereocenters. The lowest BCUT2D eigenvalue weighted by molar-refractivity contribution is -0.144. The van der Waals surface area contributed by atoms with Crippen molar-refractivity contribution in [2.45, 2.75) is 32.6 Å². The van der Waals surface area contributed by atoms with E-state index in [9.17, 15) is 4.79 Å². The lowest BCUT2D eigenvalue weighted by Crippen LogP contribution is -2.49. The van der Waals surface area contributed by atoms with Crippen molar-refractivity contribution in [2.24, 2.45) is 17.3 Å². The molecule has 3 aliphatic rings. The van der Waals surface area contributed by atoms with Crippen LogP contribution in [0.4, 0.5) is 0 Å². The van der Waals surface area contributed by atoms with Crippen LogP contribution in [0.25, 0.3) is 10.8 Å². The lowest BCUT2D eigenvalue weighted by Gasteiger charge is -2.54. The number of esters is 1. The Balaban J connectivity index is 1.51. The van der Waals surface area contributed by atoms with Gasteiger partial charge in [-0.15, -0.1) is 0 Å². The smallest absolute Gasteiger partial charge is 0.315 e. The Morgan fingerprint density at radius 2 is 1.18 bits per heavy atom. The first-order valence-electron chi connectivity index (χ1n) is 11.8. The van der Waals surface area contributed by atoms with E-state index in [1.807, 2.05) is 30.3 Å². The first-order valence-corrected chi connectivity index (χ1v) is 11.8. The van der Waals surface area contributed by atoms with E-state index < -0.39 is 0 Å². The molecule has 7 rings (SSSR count). The monoisotopic (exact) mass is 432 g/mol. The van der Waals surface area contributed by atoms with Gasteiger partial charge < -0.3 is 4.74 Å². The Morgan fingerprint density at radius 3 is 1.79 bits per heavy atom. The summed E-state index contributed by atoms with van der Waals surface area (Å²) in [7, 11) is 0. The fourth-order valence-corrected chi connectivity index (χ4v) is 6.46. The zero-order valence-electron chi connectivity index (χ0n) is 19.3. The van der Waals surface area contributed by atoms with Crippen LogP contribution in [0, 0.1) is 17.3 Å². The van der Waals surface area contributed by atoms with Crippen LogP contribution in [0.5, 0.6) is 5.75 Å². The lowest BCUT2D eigenvalue weighted by atomic mass is 9.49. The van der Waals surface area contributed by atoms with Gasteiger partial charge in [0.2, 0.25) is 0 Å². The highest BCUT2D eigenvalue weighted by Crippen LogP contribution is 2.62. The summed E-state index contributed by atoms with van der Waals surface area (Å²) in [5, 5.41) is 2.05. The second kappa shape index (κ2) is 7.31. The van der Waals surface area contributed by atoms with Crippen molar-refractivity contribution < 1.29 is 9.53 Å². The second-order valence-electron chi connectivity index (χ2n) is 10.5. The third-order valence-electron chi connectivity index (χ3n) is 7.67. The van der Waals surface area contributed by atoms with Crippen LogP contribution in [-0.2, 0) is 4.79 Å². The minimum atomic E-state index is -0.237. The van der Waals surface area contributed by atoms with Gasteiger partial charge in [-0.2, -0.15) is 0 Å². The van der Waals surface area contributed by atoms with Crippen molar-refractivity contribution in [1.29, 1.82) is 0 Å². The number of fused-ring (bicyclic) bond motifs is 2. The van der Waals surface area contributed by atoms with Gasteiger partial charge >= 0.3 is 5.97 Å². The van der Waals surface area contributed by atoms with Gasteiger partial charge in [-0.3, -0.25) is 4.79 Å². The molecule has 2 heteroatoms. The molecule has 0 amide bonds. The number of rotatable bonds is 2. The van der Waals surface area contributed by atoms with Crippen molar-refractivity contribution in [1.82, 2.24) is 0 Å². The normalized spacial score (nSPS) is 23.1. The van der Waals surface area contributed by atoms with E-state index in [2.05, 4.69) is 81.4 Å². The summed E-state index contributed by atoms with van der Waals surface area (Å²) in [5.41, 5.74) is 5.24. The third-order valence-corrected chi connectivity index (χ3v) is 7.67. The molecule has 0 saturated carbocycles. The minimum Gasteiger partial charge on any atom is -0.426 e. The molecule has 0 radical (unpaired) electrons. The number of carbonyl (C=O) groups excluding carboxylic acids is 1. The standard InChI is InChI=1S/C31H28O2/c1-31(2,3)29-27-23-16-8-6-14-21(23)26(22-15-7-9-17-24(22)27)28(29)30(32)33-25-18-10-12-19-11-4-5-13-20(19)25/h4-18,26-29H,1-3H3. The van der Waals surface area contributed by atoms with E-state index in [4.69, 9.17) is 4.74 Å². The van der Waals surface area contributed by atoms with Crippen LogP contribution < -0.4 is 4.74 Å². The van der Waals surface area contributed by atoms with E-state index in [1.165, 1.54) is 22.3 Å². The summed E-state index contributed by atoms with van der Waals surface area (Å²) in [6.07, 6.45) is 0. The average Bonchev–Trinajstić information content (AvgIpc) is 2.83. The van der Waals surface area contributed by atoms with Crippen LogP contribution in [0.1, 0.15) is 54.9 Å². The van der Waals surface area contributed by atoms with Crippen LogP contribution in [0.15, 0.2) is 91.0 Å². The predicted octanol–water partition coefficient (Wildman–Crippen LogP) is 7.31. The van der Waals surface area contributed by atoms with Crippen molar-refractivity contribution in [3.8, 4) is 5.75 Å². The largest absolute Gasteiger partial charge is 0.426 e. The molecule has 0 aliphatic heterocycles. The first-order chi connectivity index (χ1) is 15.9. The molecule has 0 spiro atoms. The first kappa shape index (κ1) is 20.2. The fourth-order valence-electron chi connectivity index (χ4n) is 6.46. The molecular weight excluding hydrogens is 404 g/mol. The minimum absolute atomic E-state index is 0.00843. The summed E-state index contributed by atoms with van der Waals surface area (Å²) in [6, 6.07) is 31.4. The molecule has 2 nitrogen and oxygen atoms in total. The van der Waals surface area contributed by atoms with Crippen LogP contribution in [0.3, 0.4) is 0 Å². The number of benzene rings is 4. The topological polar surface area (TPSA) is 26.3 Å². The molecule has 0 aromatic heterocycles. The molecule has 4 aromatic rings. The highest BCUT2D eigenvalue weighted by molar-refractivity contribution is 5.91. The Morgan fingerprint density at radius 1 is 0.667 bits per heavy atom. The van der Waals surface area contributed by atoms with Gasteiger partial charge in [0.25, 0.3) is 0 Å². The molecule has 164 valence electrons.